The van der Waals surface area contributed by atoms with E-state index in [-0.39, 0.29) is 5.69 Å². The third-order valence-electron chi connectivity index (χ3n) is 2.76. The lowest BCUT2D eigenvalue weighted by molar-refractivity contribution is -0.137. The molecule has 0 saturated carbocycles. The van der Waals surface area contributed by atoms with Crippen LogP contribution < -0.4 is 5.32 Å². The Morgan fingerprint density at radius 2 is 1.95 bits per heavy atom. The number of hydrogen-bond acceptors (Lipinski definition) is 3. The number of nitrogens with one attached hydrogen (secondary N) is 1. The molecule has 0 fully saturated rings. The van der Waals surface area contributed by atoms with Crippen molar-refractivity contribution >= 4 is 11.7 Å². The molecule has 2 rings (SSSR count). The summed E-state index contributed by atoms with van der Waals surface area (Å²) in [5, 5.41) is 11.7. The molecule has 0 radical (unpaired) electrons. The average Bonchev–Trinajstić information content (AvgIpc) is 2.87. The molecule has 21 heavy (non-hydrogen) atoms. The normalized spacial score (nSPS) is 11.4. The van der Waals surface area contributed by atoms with Crippen LogP contribution in [0.15, 0.2) is 36.8 Å². The van der Waals surface area contributed by atoms with Crippen molar-refractivity contribution < 1.29 is 23.1 Å². The molecule has 5 nitrogen and oxygen atoms in total. The summed E-state index contributed by atoms with van der Waals surface area (Å²) in [6.45, 7) is 0.877. The zero-order chi connectivity index (χ0) is 15.5. The van der Waals surface area contributed by atoms with Crippen molar-refractivity contribution in [2.45, 2.75) is 12.7 Å². The van der Waals surface area contributed by atoms with E-state index in [0.29, 0.717) is 18.8 Å². The van der Waals surface area contributed by atoms with Crippen LogP contribution in [0.5, 0.6) is 0 Å². The van der Waals surface area contributed by atoms with Crippen LogP contribution in [-0.2, 0) is 12.7 Å². The molecule has 8 heteroatoms. The van der Waals surface area contributed by atoms with Crippen molar-refractivity contribution in [2.24, 2.45) is 0 Å². The molecule has 1 heterocycles. The van der Waals surface area contributed by atoms with Crippen molar-refractivity contribution in [1.29, 1.82) is 0 Å². The highest BCUT2D eigenvalue weighted by molar-refractivity contribution is 5.84. The Labute approximate surface area is 118 Å². The van der Waals surface area contributed by atoms with Gasteiger partial charge in [0.15, 0.2) is 5.69 Å². The van der Waals surface area contributed by atoms with Gasteiger partial charge < -0.3 is 15.0 Å². The van der Waals surface area contributed by atoms with Gasteiger partial charge in [-0.2, -0.15) is 13.2 Å². The first-order valence-electron chi connectivity index (χ1n) is 6.02. The summed E-state index contributed by atoms with van der Waals surface area (Å²) in [4.78, 5) is 14.3. The van der Waals surface area contributed by atoms with Crippen LogP contribution in [0.1, 0.15) is 16.1 Å². The van der Waals surface area contributed by atoms with Gasteiger partial charge in [-0.05, 0) is 24.3 Å². The van der Waals surface area contributed by atoms with Crippen LogP contribution in [0, 0.1) is 0 Å². The Balaban J connectivity index is 1.87. The van der Waals surface area contributed by atoms with Gasteiger partial charge in [-0.15, -0.1) is 0 Å². The van der Waals surface area contributed by atoms with Crippen LogP contribution in [0.3, 0.4) is 0 Å². The summed E-state index contributed by atoms with van der Waals surface area (Å²) >= 11 is 0. The van der Waals surface area contributed by atoms with E-state index >= 15 is 0 Å². The lowest BCUT2D eigenvalue weighted by Crippen LogP contribution is -2.10. The maximum Gasteiger partial charge on any atom is 0.416 e. The second-order valence-electron chi connectivity index (χ2n) is 4.30. The first-order valence-corrected chi connectivity index (χ1v) is 6.02. The van der Waals surface area contributed by atoms with E-state index in [9.17, 15) is 18.0 Å². The number of benzene rings is 1. The van der Waals surface area contributed by atoms with E-state index in [1.54, 1.807) is 4.57 Å². The molecule has 0 aliphatic carbocycles. The minimum absolute atomic E-state index is 0.0514. The summed E-state index contributed by atoms with van der Waals surface area (Å²) in [5.74, 6) is -1.11. The predicted molar refractivity (Wildman–Crippen MR) is 69.1 cm³/mol. The largest absolute Gasteiger partial charge is 0.476 e. The molecule has 0 saturated heterocycles. The van der Waals surface area contributed by atoms with E-state index in [4.69, 9.17) is 5.11 Å². The van der Waals surface area contributed by atoms with Crippen molar-refractivity contribution in [3.8, 4) is 0 Å². The molecule has 0 unspecified atom stereocenters. The Kier molecular flexibility index (Phi) is 4.15. The van der Waals surface area contributed by atoms with E-state index < -0.39 is 17.7 Å². The molecule has 0 amide bonds. The van der Waals surface area contributed by atoms with Crippen LogP contribution in [0.4, 0.5) is 18.9 Å². The number of anilines is 1. The number of carbonyl (C=O) groups is 1. The van der Waals surface area contributed by atoms with Gasteiger partial charge in [0.25, 0.3) is 0 Å². The smallest absolute Gasteiger partial charge is 0.416 e. The lowest BCUT2D eigenvalue weighted by atomic mass is 10.2. The number of alkyl halides is 3. The molecular formula is C13H12F3N3O2. The molecule has 0 spiro atoms. The number of nitrogens with zero attached hydrogens (tertiary/aromatic N) is 2. The van der Waals surface area contributed by atoms with Crippen LogP contribution in [-0.4, -0.2) is 27.2 Å². The number of rotatable bonds is 5. The first-order chi connectivity index (χ1) is 9.86. The number of aromatic carboxylic acids is 1. The topological polar surface area (TPSA) is 67.2 Å². The van der Waals surface area contributed by atoms with Crippen molar-refractivity contribution in [1.82, 2.24) is 9.55 Å². The zero-order valence-corrected chi connectivity index (χ0v) is 10.8. The van der Waals surface area contributed by atoms with Gasteiger partial charge in [0, 0.05) is 25.0 Å². The van der Waals surface area contributed by atoms with Crippen LogP contribution >= 0.6 is 0 Å². The van der Waals surface area contributed by atoms with Gasteiger partial charge in [0.05, 0.1) is 11.9 Å². The van der Waals surface area contributed by atoms with E-state index in [1.165, 1.54) is 24.7 Å². The quantitative estimate of drug-likeness (QED) is 0.891. The summed E-state index contributed by atoms with van der Waals surface area (Å²) in [6, 6.07) is 4.70. The highest BCUT2D eigenvalue weighted by Crippen LogP contribution is 2.29. The maximum atomic E-state index is 12.4. The van der Waals surface area contributed by atoms with Gasteiger partial charge in [-0.1, -0.05) is 0 Å². The summed E-state index contributed by atoms with van der Waals surface area (Å²) in [6.07, 6.45) is -1.57. The van der Waals surface area contributed by atoms with Crippen molar-refractivity contribution in [3.05, 3.63) is 48.0 Å². The van der Waals surface area contributed by atoms with Crippen LogP contribution in [0.25, 0.3) is 0 Å². The predicted octanol–water partition coefficient (Wildman–Crippen LogP) is 2.71. The fourth-order valence-electron chi connectivity index (χ4n) is 1.70. The Bertz CT molecular complexity index is 620. The Morgan fingerprint density at radius 1 is 1.29 bits per heavy atom. The third kappa shape index (κ3) is 3.98. The van der Waals surface area contributed by atoms with Gasteiger partial charge in [-0.3, -0.25) is 0 Å². The third-order valence-corrected chi connectivity index (χ3v) is 2.76. The highest BCUT2D eigenvalue weighted by Gasteiger charge is 2.29. The average molecular weight is 299 g/mol. The molecule has 0 atom stereocenters. The minimum atomic E-state index is -4.34. The minimum Gasteiger partial charge on any atom is -0.476 e. The highest BCUT2D eigenvalue weighted by atomic mass is 19.4. The molecule has 2 N–H and O–H groups in total. The Hall–Kier alpha value is -2.51. The lowest BCUT2D eigenvalue weighted by Gasteiger charge is -2.09. The zero-order valence-electron chi connectivity index (χ0n) is 10.8. The molecule has 1 aromatic heterocycles. The van der Waals surface area contributed by atoms with Gasteiger partial charge in [0.2, 0.25) is 0 Å². The number of hydrogen-bond donors (Lipinski definition) is 2. The fraction of sp³-hybridized carbons (Fsp3) is 0.231. The molecule has 1 aromatic carbocycles. The maximum absolute atomic E-state index is 12.4. The number of carboxylic acid groups (broad SMARTS) is 1. The molecule has 112 valence electrons. The summed E-state index contributed by atoms with van der Waals surface area (Å²) in [7, 11) is 0. The monoisotopic (exact) mass is 299 g/mol. The molecule has 0 aliphatic rings. The van der Waals surface area contributed by atoms with E-state index in [0.717, 1.165) is 12.1 Å². The standard InChI is InChI=1S/C13H12F3N3O2/c14-13(15,16)9-1-3-10(4-2-9)17-5-6-19-7-11(12(20)21)18-8-19/h1-4,7-8,17H,5-6H2,(H,20,21). The first kappa shape index (κ1) is 14.9. The second kappa shape index (κ2) is 5.86. The fourth-order valence-corrected chi connectivity index (χ4v) is 1.70. The molecule has 2 aromatic rings. The van der Waals surface area contributed by atoms with Crippen molar-refractivity contribution in [3.63, 3.8) is 0 Å². The number of aromatic nitrogens is 2. The molecular weight excluding hydrogens is 287 g/mol. The van der Waals surface area contributed by atoms with E-state index in [2.05, 4.69) is 10.3 Å². The molecule has 0 bridgehead atoms. The van der Waals surface area contributed by atoms with Gasteiger partial charge in [0.1, 0.15) is 0 Å². The number of imidazole rings is 1. The van der Waals surface area contributed by atoms with Crippen LogP contribution in [0.2, 0.25) is 0 Å². The van der Waals surface area contributed by atoms with E-state index in [1.807, 2.05) is 0 Å². The second-order valence-corrected chi connectivity index (χ2v) is 4.30. The number of halogens is 3. The SMILES string of the molecule is O=C(O)c1cn(CCNc2ccc(C(F)(F)F)cc2)cn1. The summed E-state index contributed by atoms with van der Waals surface area (Å²) < 4.78 is 38.7. The van der Waals surface area contributed by atoms with Gasteiger partial charge >= 0.3 is 12.1 Å². The molecule has 0 aliphatic heterocycles. The summed E-state index contributed by atoms with van der Waals surface area (Å²) in [5.41, 5.74) is -0.195. The van der Waals surface area contributed by atoms with Crippen molar-refractivity contribution in [2.75, 3.05) is 11.9 Å². The Morgan fingerprint density at radius 3 is 2.48 bits per heavy atom. The number of carboxylic acids is 1. The van der Waals surface area contributed by atoms with Gasteiger partial charge in [-0.25, -0.2) is 9.78 Å².